The highest BCUT2D eigenvalue weighted by atomic mass is 14.2. The van der Waals surface area contributed by atoms with Gasteiger partial charge >= 0.3 is 0 Å². The molecule has 0 radical (unpaired) electrons. The molecule has 0 aliphatic heterocycles. The maximum atomic E-state index is 2.41. The number of rotatable bonds is 20. The molecule has 0 aliphatic carbocycles. The van der Waals surface area contributed by atoms with E-state index < -0.39 is 0 Å². The van der Waals surface area contributed by atoms with Gasteiger partial charge in [0.1, 0.15) is 0 Å². The summed E-state index contributed by atoms with van der Waals surface area (Å²) < 4.78 is 0. The summed E-state index contributed by atoms with van der Waals surface area (Å²) in [5.41, 5.74) is 9.17. The topological polar surface area (TPSA) is 0 Å². The first-order valence-electron chi connectivity index (χ1n) is 20.0. The Balaban J connectivity index is 1.10. The summed E-state index contributed by atoms with van der Waals surface area (Å²) in [6.45, 7) is 2.30. The zero-order chi connectivity index (χ0) is 34.2. The van der Waals surface area contributed by atoms with Crippen LogP contribution in [0.1, 0.15) is 115 Å². The van der Waals surface area contributed by atoms with E-state index in [1.165, 1.54) is 170 Å². The normalized spacial score (nSPS) is 11.5. The van der Waals surface area contributed by atoms with E-state index >= 15 is 0 Å². The van der Waals surface area contributed by atoms with Crippen molar-refractivity contribution in [2.45, 2.75) is 116 Å². The van der Waals surface area contributed by atoms with Crippen LogP contribution in [0.5, 0.6) is 0 Å². The minimum atomic E-state index is 1.17. The van der Waals surface area contributed by atoms with Crippen molar-refractivity contribution in [2.75, 3.05) is 0 Å². The SMILES string of the molecule is CCCCCCCCCCCCCCCCCCc1ccc(-c2c(-c3ccccc3)c(-c3ccccc3)cc3cc4ccccc4cc23)cc1. The van der Waals surface area contributed by atoms with Gasteiger partial charge in [-0.05, 0) is 91.5 Å². The molecule has 6 aromatic rings. The Morgan fingerprint density at radius 2 is 0.800 bits per heavy atom. The molecule has 6 rings (SSSR count). The molecule has 50 heavy (non-hydrogen) atoms. The monoisotopic (exact) mass is 658 g/mol. The van der Waals surface area contributed by atoms with Crippen molar-refractivity contribution in [3.63, 3.8) is 0 Å². The van der Waals surface area contributed by atoms with Crippen molar-refractivity contribution in [1.82, 2.24) is 0 Å². The highest BCUT2D eigenvalue weighted by Gasteiger charge is 2.19. The zero-order valence-electron chi connectivity index (χ0n) is 30.6. The highest BCUT2D eigenvalue weighted by Crippen LogP contribution is 2.45. The third-order valence-corrected chi connectivity index (χ3v) is 10.7. The average molecular weight is 659 g/mol. The predicted molar refractivity (Wildman–Crippen MR) is 221 cm³/mol. The Morgan fingerprint density at radius 1 is 0.340 bits per heavy atom. The largest absolute Gasteiger partial charge is 0.0654 e. The van der Waals surface area contributed by atoms with Gasteiger partial charge in [0.05, 0.1) is 0 Å². The van der Waals surface area contributed by atoms with Gasteiger partial charge in [-0.2, -0.15) is 0 Å². The van der Waals surface area contributed by atoms with Crippen LogP contribution in [0.25, 0.3) is 54.9 Å². The number of fused-ring (bicyclic) bond motifs is 2. The summed E-state index contributed by atoms with van der Waals surface area (Å²) in [7, 11) is 0. The van der Waals surface area contributed by atoms with Crippen LogP contribution in [-0.2, 0) is 6.42 Å². The molecule has 0 unspecified atom stereocenters. The van der Waals surface area contributed by atoms with Crippen LogP contribution in [0.3, 0.4) is 0 Å². The van der Waals surface area contributed by atoms with Gasteiger partial charge in [-0.15, -0.1) is 0 Å². The first kappa shape index (κ1) is 35.7. The van der Waals surface area contributed by atoms with E-state index in [1.54, 1.807) is 0 Å². The third kappa shape index (κ3) is 9.75. The molecule has 0 atom stereocenters. The number of aryl methyl sites for hydroxylation is 1. The number of benzene rings is 6. The Kier molecular flexibility index (Phi) is 13.8. The number of unbranched alkanes of at least 4 members (excludes halogenated alkanes) is 15. The molecule has 0 bridgehead atoms. The smallest absolute Gasteiger partial charge is 0.00203 e. The van der Waals surface area contributed by atoms with Crippen molar-refractivity contribution in [1.29, 1.82) is 0 Å². The standard InChI is InChI=1S/C50H58/c1-2-3-4-5-6-7-8-9-10-11-12-13-14-15-16-19-26-40-33-35-43(36-34-40)50-48-38-45-32-25-24-31-44(45)37-46(48)39-47(41-27-20-17-21-28-41)49(50)42-29-22-18-23-30-42/h17-18,20-25,27-39H,2-16,19,26H2,1H3. The lowest BCUT2D eigenvalue weighted by atomic mass is 9.83. The summed E-state index contributed by atoms with van der Waals surface area (Å²) in [4.78, 5) is 0. The van der Waals surface area contributed by atoms with Gasteiger partial charge in [-0.25, -0.2) is 0 Å². The average Bonchev–Trinajstić information content (AvgIpc) is 3.17. The van der Waals surface area contributed by atoms with Crippen LogP contribution in [-0.4, -0.2) is 0 Å². The fourth-order valence-electron chi connectivity index (χ4n) is 7.86. The second-order valence-electron chi connectivity index (χ2n) is 14.6. The van der Waals surface area contributed by atoms with E-state index in [0.29, 0.717) is 0 Å². The van der Waals surface area contributed by atoms with Crippen molar-refractivity contribution in [2.24, 2.45) is 0 Å². The first-order chi connectivity index (χ1) is 24.8. The lowest BCUT2D eigenvalue weighted by molar-refractivity contribution is 0.529. The lowest BCUT2D eigenvalue weighted by Gasteiger charge is -2.20. The maximum Gasteiger partial charge on any atom is -0.00203 e. The Morgan fingerprint density at radius 3 is 1.36 bits per heavy atom. The van der Waals surface area contributed by atoms with Crippen molar-refractivity contribution in [3.8, 4) is 33.4 Å². The van der Waals surface area contributed by atoms with Crippen LogP contribution in [0.15, 0.2) is 127 Å². The van der Waals surface area contributed by atoms with Gasteiger partial charge in [0, 0.05) is 0 Å². The fraction of sp³-hybridized carbons (Fsp3) is 0.360. The molecule has 0 nitrogen and oxygen atoms in total. The molecule has 0 heterocycles. The van der Waals surface area contributed by atoms with E-state index in [-0.39, 0.29) is 0 Å². The van der Waals surface area contributed by atoms with Crippen molar-refractivity contribution >= 4 is 21.5 Å². The van der Waals surface area contributed by atoms with Gasteiger partial charge in [0.2, 0.25) is 0 Å². The van der Waals surface area contributed by atoms with E-state index in [0.717, 1.165) is 0 Å². The lowest BCUT2D eigenvalue weighted by Crippen LogP contribution is -1.94. The van der Waals surface area contributed by atoms with Crippen LogP contribution < -0.4 is 0 Å². The van der Waals surface area contributed by atoms with E-state index in [9.17, 15) is 0 Å². The second kappa shape index (κ2) is 19.3. The van der Waals surface area contributed by atoms with E-state index in [4.69, 9.17) is 0 Å². The molecule has 0 spiro atoms. The van der Waals surface area contributed by atoms with E-state index in [1.807, 2.05) is 0 Å². The Hall–Kier alpha value is -4.16. The van der Waals surface area contributed by atoms with Gasteiger partial charge in [0.25, 0.3) is 0 Å². The molecule has 0 amide bonds. The predicted octanol–water partition coefficient (Wildman–Crippen LogP) is 15.8. The first-order valence-corrected chi connectivity index (χ1v) is 20.0. The van der Waals surface area contributed by atoms with Gasteiger partial charge in [-0.3, -0.25) is 0 Å². The van der Waals surface area contributed by atoms with Gasteiger partial charge in [0.15, 0.2) is 0 Å². The molecule has 0 saturated carbocycles. The fourth-order valence-corrected chi connectivity index (χ4v) is 7.86. The summed E-state index contributed by atoms with van der Waals surface area (Å²) in [6, 6.07) is 47.4. The quantitative estimate of drug-likeness (QED) is 0.0566. The second-order valence-corrected chi connectivity index (χ2v) is 14.6. The molecule has 0 saturated heterocycles. The Bertz CT molecular complexity index is 1860. The van der Waals surface area contributed by atoms with Crippen LogP contribution in [0.4, 0.5) is 0 Å². The summed E-state index contributed by atoms with van der Waals surface area (Å²) in [5.74, 6) is 0. The molecule has 6 aromatic carbocycles. The Labute approximate surface area is 303 Å². The number of hydrogen-bond acceptors (Lipinski definition) is 0. The zero-order valence-corrected chi connectivity index (χ0v) is 30.6. The van der Waals surface area contributed by atoms with Gasteiger partial charge < -0.3 is 0 Å². The van der Waals surface area contributed by atoms with Crippen molar-refractivity contribution in [3.05, 3.63) is 133 Å². The summed E-state index contributed by atoms with van der Waals surface area (Å²) in [6.07, 6.45) is 23.8. The van der Waals surface area contributed by atoms with Crippen LogP contribution in [0.2, 0.25) is 0 Å². The van der Waals surface area contributed by atoms with Crippen LogP contribution in [0, 0.1) is 0 Å². The number of hydrogen-bond donors (Lipinski definition) is 0. The molecule has 0 aliphatic rings. The maximum absolute atomic E-state index is 2.41. The molecular formula is C50H58. The van der Waals surface area contributed by atoms with E-state index in [2.05, 4.69) is 134 Å². The highest BCUT2D eigenvalue weighted by molar-refractivity contribution is 6.13. The minimum Gasteiger partial charge on any atom is -0.0654 e. The molecular weight excluding hydrogens is 601 g/mol. The molecule has 0 heteroatoms. The molecule has 0 aromatic heterocycles. The third-order valence-electron chi connectivity index (χ3n) is 10.7. The van der Waals surface area contributed by atoms with Crippen molar-refractivity contribution < 1.29 is 0 Å². The summed E-state index contributed by atoms with van der Waals surface area (Å²) >= 11 is 0. The molecule has 0 N–H and O–H groups in total. The molecule has 0 fully saturated rings. The van der Waals surface area contributed by atoms with Crippen LogP contribution >= 0.6 is 0 Å². The summed E-state index contributed by atoms with van der Waals surface area (Å²) in [5, 5.41) is 5.17. The minimum absolute atomic E-state index is 1.17. The molecule has 258 valence electrons. The van der Waals surface area contributed by atoms with Gasteiger partial charge in [-0.1, -0.05) is 212 Å².